The Morgan fingerprint density at radius 2 is 2.07 bits per heavy atom. The van der Waals surface area contributed by atoms with E-state index in [4.69, 9.17) is 11.6 Å². The van der Waals surface area contributed by atoms with Gasteiger partial charge >= 0.3 is 0 Å². The lowest BCUT2D eigenvalue weighted by molar-refractivity contribution is -0.133. The Kier molecular flexibility index (Phi) is 5.83. The van der Waals surface area contributed by atoms with Gasteiger partial charge in [-0.25, -0.2) is 0 Å². The average Bonchev–Trinajstić information content (AvgIpc) is 2.30. The summed E-state index contributed by atoms with van der Waals surface area (Å²) in [7, 11) is 0. The number of thioether (sulfide) groups is 1. The second-order valence-corrected chi connectivity index (χ2v) is 5.60. The third kappa shape index (κ3) is 3.56. The molecule has 0 spiro atoms. The second kappa shape index (κ2) is 6.64. The van der Waals surface area contributed by atoms with E-state index in [0.717, 1.165) is 25.8 Å². The van der Waals surface area contributed by atoms with Gasteiger partial charge in [0.05, 0.1) is 0 Å². The van der Waals surface area contributed by atoms with E-state index in [9.17, 15) is 4.79 Å². The van der Waals surface area contributed by atoms with Crippen LogP contribution in [-0.2, 0) is 4.79 Å². The molecule has 0 N–H and O–H groups in total. The summed E-state index contributed by atoms with van der Waals surface area (Å²) in [6.07, 6.45) is 2.97. The van der Waals surface area contributed by atoms with Crippen LogP contribution < -0.4 is 0 Å². The fraction of sp³-hybridized carbons (Fsp3) is 0.909. The molecule has 1 fully saturated rings. The molecule has 0 aromatic rings. The number of hydrogen-bond acceptors (Lipinski definition) is 2. The first-order valence-corrected chi connectivity index (χ1v) is 7.32. The van der Waals surface area contributed by atoms with E-state index in [-0.39, 0.29) is 11.3 Å². The van der Waals surface area contributed by atoms with Crippen LogP contribution in [0.3, 0.4) is 0 Å². The quantitative estimate of drug-likeness (QED) is 0.715. The van der Waals surface area contributed by atoms with Crippen LogP contribution in [0.5, 0.6) is 0 Å². The van der Waals surface area contributed by atoms with Crippen molar-refractivity contribution in [1.29, 1.82) is 0 Å². The molecule has 1 heterocycles. The summed E-state index contributed by atoms with van der Waals surface area (Å²) in [4.78, 5) is 14.0. The summed E-state index contributed by atoms with van der Waals surface area (Å²) in [5.74, 6) is 2.47. The lowest BCUT2D eigenvalue weighted by atomic mass is 10.1. The van der Waals surface area contributed by atoms with Crippen molar-refractivity contribution in [3.8, 4) is 0 Å². The minimum absolute atomic E-state index is 0.124. The van der Waals surface area contributed by atoms with Crippen molar-refractivity contribution in [2.45, 2.75) is 44.5 Å². The summed E-state index contributed by atoms with van der Waals surface area (Å²) in [5, 5.41) is -0.334. The molecule has 0 aliphatic carbocycles. The van der Waals surface area contributed by atoms with E-state index in [1.165, 1.54) is 11.5 Å². The van der Waals surface area contributed by atoms with E-state index in [1.807, 2.05) is 30.5 Å². The van der Waals surface area contributed by atoms with E-state index < -0.39 is 0 Å². The minimum atomic E-state index is -0.334. The highest BCUT2D eigenvalue weighted by atomic mass is 35.5. The topological polar surface area (TPSA) is 20.3 Å². The zero-order valence-corrected chi connectivity index (χ0v) is 11.1. The molecule has 0 unspecified atom stereocenters. The van der Waals surface area contributed by atoms with Crippen LogP contribution in [-0.4, -0.2) is 40.3 Å². The molecule has 0 aromatic carbocycles. The first-order chi connectivity index (χ1) is 7.20. The number of rotatable bonds is 4. The molecule has 0 aromatic heterocycles. The molecule has 1 rings (SSSR count). The highest BCUT2D eigenvalue weighted by Crippen LogP contribution is 2.23. The van der Waals surface area contributed by atoms with Crippen molar-refractivity contribution in [1.82, 2.24) is 4.90 Å². The number of carbonyl (C=O) groups is 1. The van der Waals surface area contributed by atoms with Gasteiger partial charge in [-0.15, -0.1) is 11.6 Å². The number of nitrogens with zero attached hydrogens (tertiary/aromatic N) is 1. The number of halogens is 1. The van der Waals surface area contributed by atoms with E-state index in [2.05, 4.69) is 0 Å². The van der Waals surface area contributed by atoms with Gasteiger partial charge < -0.3 is 4.90 Å². The number of hydrogen-bond donors (Lipinski definition) is 0. The zero-order chi connectivity index (χ0) is 11.3. The summed E-state index contributed by atoms with van der Waals surface area (Å²) in [6.45, 7) is 4.79. The van der Waals surface area contributed by atoms with Gasteiger partial charge in [0, 0.05) is 12.6 Å². The van der Waals surface area contributed by atoms with Crippen LogP contribution in [0.25, 0.3) is 0 Å². The van der Waals surface area contributed by atoms with Gasteiger partial charge in [0.1, 0.15) is 5.38 Å². The standard InChI is InChI=1S/C11H20ClNOS/c1-3-10(12)11(14)13(4-2)9-5-7-15-8-6-9/h9-10H,3-8H2,1-2H3/t10-/m1/s1. The zero-order valence-electron chi connectivity index (χ0n) is 9.54. The van der Waals surface area contributed by atoms with Crippen molar-refractivity contribution in [3.05, 3.63) is 0 Å². The van der Waals surface area contributed by atoms with Crippen LogP contribution in [0.1, 0.15) is 33.1 Å². The predicted molar refractivity (Wildman–Crippen MR) is 67.7 cm³/mol. The van der Waals surface area contributed by atoms with E-state index >= 15 is 0 Å². The molecular formula is C11H20ClNOS. The van der Waals surface area contributed by atoms with Crippen LogP contribution in [0.4, 0.5) is 0 Å². The Bertz CT molecular complexity index is 207. The number of amides is 1. The molecule has 1 atom stereocenters. The Labute approximate surface area is 102 Å². The first-order valence-electron chi connectivity index (χ1n) is 5.73. The van der Waals surface area contributed by atoms with Gasteiger partial charge in [0.15, 0.2) is 0 Å². The van der Waals surface area contributed by atoms with E-state index in [1.54, 1.807) is 0 Å². The average molecular weight is 250 g/mol. The summed E-state index contributed by atoms with van der Waals surface area (Å²) in [5.41, 5.74) is 0. The van der Waals surface area contributed by atoms with E-state index in [0.29, 0.717) is 6.04 Å². The smallest absolute Gasteiger partial charge is 0.240 e. The molecule has 1 aliphatic rings. The molecule has 2 nitrogen and oxygen atoms in total. The highest BCUT2D eigenvalue weighted by molar-refractivity contribution is 7.99. The highest BCUT2D eigenvalue weighted by Gasteiger charge is 2.27. The fourth-order valence-corrected chi connectivity index (χ4v) is 3.15. The van der Waals surface area contributed by atoms with Crippen molar-refractivity contribution in [3.63, 3.8) is 0 Å². The van der Waals surface area contributed by atoms with Crippen molar-refractivity contribution < 1.29 is 4.79 Å². The Hall–Kier alpha value is 0.110. The summed E-state index contributed by atoms with van der Waals surface area (Å²) < 4.78 is 0. The molecule has 1 aliphatic heterocycles. The third-order valence-electron chi connectivity index (χ3n) is 2.88. The molecular weight excluding hydrogens is 230 g/mol. The van der Waals surface area contributed by atoms with Gasteiger partial charge in [-0.3, -0.25) is 4.79 Å². The monoisotopic (exact) mass is 249 g/mol. The summed E-state index contributed by atoms with van der Waals surface area (Å²) in [6, 6.07) is 0.427. The summed E-state index contributed by atoms with van der Waals surface area (Å²) >= 11 is 7.99. The van der Waals surface area contributed by atoms with Crippen molar-refractivity contribution in [2.24, 2.45) is 0 Å². The first kappa shape index (κ1) is 13.2. The lowest BCUT2D eigenvalue weighted by Gasteiger charge is -2.34. The number of alkyl halides is 1. The van der Waals surface area contributed by atoms with Crippen LogP contribution in [0, 0.1) is 0 Å². The maximum absolute atomic E-state index is 12.0. The molecule has 88 valence electrons. The van der Waals surface area contributed by atoms with Crippen LogP contribution in [0.2, 0.25) is 0 Å². The maximum atomic E-state index is 12.0. The molecule has 0 bridgehead atoms. The normalized spacial score (nSPS) is 19.9. The maximum Gasteiger partial charge on any atom is 0.240 e. The Morgan fingerprint density at radius 3 is 2.53 bits per heavy atom. The predicted octanol–water partition coefficient (Wildman–Crippen LogP) is 2.75. The Balaban J connectivity index is 2.56. The fourth-order valence-electron chi connectivity index (χ4n) is 1.95. The lowest BCUT2D eigenvalue weighted by Crippen LogP contribution is -2.45. The van der Waals surface area contributed by atoms with Crippen molar-refractivity contribution >= 4 is 29.3 Å². The minimum Gasteiger partial charge on any atom is -0.339 e. The van der Waals surface area contributed by atoms with Gasteiger partial charge in [-0.2, -0.15) is 11.8 Å². The van der Waals surface area contributed by atoms with Crippen molar-refractivity contribution in [2.75, 3.05) is 18.1 Å². The number of carbonyl (C=O) groups excluding carboxylic acids is 1. The van der Waals surface area contributed by atoms with Gasteiger partial charge in [0.2, 0.25) is 5.91 Å². The third-order valence-corrected chi connectivity index (χ3v) is 4.43. The molecule has 0 saturated carbocycles. The van der Waals surface area contributed by atoms with Crippen LogP contribution >= 0.6 is 23.4 Å². The molecule has 0 radical (unpaired) electrons. The largest absolute Gasteiger partial charge is 0.339 e. The van der Waals surface area contributed by atoms with Gasteiger partial charge in [0.25, 0.3) is 0 Å². The van der Waals surface area contributed by atoms with Gasteiger partial charge in [-0.05, 0) is 37.7 Å². The van der Waals surface area contributed by atoms with Crippen LogP contribution in [0.15, 0.2) is 0 Å². The Morgan fingerprint density at radius 1 is 1.47 bits per heavy atom. The SMILES string of the molecule is CC[C@@H](Cl)C(=O)N(CC)C1CCSCC1. The second-order valence-electron chi connectivity index (χ2n) is 3.84. The molecule has 1 amide bonds. The molecule has 4 heteroatoms. The molecule has 15 heavy (non-hydrogen) atoms. The molecule has 1 saturated heterocycles. The van der Waals surface area contributed by atoms with Gasteiger partial charge in [-0.1, -0.05) is 6.92 Å².